The van der Waals surface area contributed by atoms with Crippen molar-refractivity contribution in [3.05, 3.63) is 52.0 Å². The largest absolute Gasteiger partial charge is 0.460 e. The van der Waals surface area contributed by atoms with Gasteiger partial charge >= 0.3 is 11.7 Å². The zero-order chi connectivity index (χ0) is 19.5. The third-order valence-electron chi connectivity index (χ3n) is 3.11. The number of carbonyl (C=O) groups is 1. The van der Waals surface area contributed by atoms with E-state index in [9.17, 15) is 19.3 Å². The number of nitrogen functional groups attached to an aromatic ring is 1. The fourth-order valence-corrected chi connectivity index (χ4v) is 2.11. The molecule has 1 aromatic heterocycles. The van der Waals surface area contributed by atoms with E-state index in [1.807, 2.05) is 0 Å². The lowest BCUT2D eigenvalue weighted by Crippen LogP contribution is -2.25. The number of aromatic nitrogens is 1. The molecule has 0 bridgehead atoms. The topological polar surface area (TPSA) is 118 Å². The van der Waals surface area contributed by atoms with Crippen molar-refractivity contribution in [2.24, 2.45) is 0 Å². The molecule has 2 aromatic rings. The first-order valence-corrected chi connectivity index (χ1v) is 7.64. The number of rotatable bonds is 5. The molecule has 0 aliphatic heterocycles. The van der Waals surface area contributed by atoms with Crippen molar-refractivity contribution >= 4 is 17.5 Å². The first-order valence-electron chi connectivity index (χ1n) is 7.64. The van der Waals surface area contributed by atoms with Gasteiger partial charge in [-0.1, -0.05) is 6.07 Å². The molecule has 2 rings (SSSR count). The fraction of sp³-hybridized carbons (Fsp3) is 0.294. The lowest BCUT2D eigenvalue weighted by atomic mass is 10.1. The Morgan fingerprint density at radius 3 is 2.62 bits per heavy atom. The van der Waals surface area contributed by atoms with Crippen LogP contribution in [0.1, 0.15) is 26.3 Å². The second-order valence-electron chi connectivity index (χ2n) is 6.42. The third-order valence-corrected chi connectivity index (χ3v) is 3.11. The Kier molecular flexibility index (Phi) is 5.39. The van der Waals surface area contributed by atoms with E-state index in [-0.39, 0.29) is 29.3 Å². The molecule has 0 spiro atoms. The van der Waals surface area contributed by atoms with E-state index in [0.29, 0.717) is 0 Å². The minimum Gasteiger partial charge on any atom is -0.460 e. The first kappa shape index (κ1) is 19.1. The van der Waals surface area contributed by atoms with Crippen LogP contribution in [0.4, 0.5) is 15.9 Å². The Hall–Kier alpha value is -3.23. The number of esters is 1. The van der Waals surface area contributed by atoms with Crippen LogP contribution in [0.15, 0.2) is 30.5 Å². The molecule has 0 saturated carbocycles. The maximum atomic E-state index is 14.2. The number of halogens is 1. The van der Waals surface area contributed by atoms with E-state index in [2.05, 4.69) is 4.98 Å². The van der Waals surface area contributed by atoms with Gasteiger partial charge in [-0.2, -0.15) is 0 Å². The van der Waals surface area contributed by atoms with Crippen molar-refractivity contribution in [3.8, 4) is 11.5 Å². The van der Waals surface area contributed by atoms with Crippen molar-refractivity contribution in [3.63, 3.8) is 0 Å². The maximum absolute atomic E-state index is 14.2. The summed E-state index contributed by atoms with van der Waals surface area (Å²) in [6.45, 7) is 5.14. The van der Waals surface area contributed by atoms with E-state index >= 15 is 0 Å². The second-order valence-corrected chi connectivity index (χ2v) is 6.42. The number of pyridine rings is 1. The molecule has 138 valence electrons. The quantitative estimate of drug-likeness (QED) is 0.491. The molecule has 9 heteroatoms. The van der Waals surface area contributed by atoms with Gasteiger partial charge in [0, 0.05) is 18.3 Å². The normalized spacial score (nSPS) is 11.1. The summed E-state index contributed by atoms with van der Waals surface area (Å²) in [5.74, 6) is -1.72. The number of carbonyl (C=O) groups excluding carboxylic acids is 1. The lowest BCUT2D eigenvalue weighted by molar-refractivity contribution is -0.384. The number of benzene rings is 1. The van der Waals surface area contributed by atoms with Gasteiger partial charge in [-0.15, -0.1) is 0 Å². The van der Waals surface area contributed by atoms with E-state index in [1.54, 1.807) is 20.8 Å². The van der Waals surface area contributed by atoms with Gasteiger partial charge in [0.15, 0.2) is 0 Å². The molecule has 1 heterocycles. The van der Waals surface area contributed by atoms with Crippen LogP contribution in [0.5, 0.6) is 11.5 Å². The van der Waals surface area contributed by atoms with E-state index in [1.165, 1.54) is 24.4 Å². The van der Waals surface area contributed by atoms with Crippen LogP contribution in [0.25, 0.3) is 0 Å². The standard InChI is InChI=1S/C17H18FN3O5/c1-17(2,3)26-14(22)8-10-4-5-11(9-12(10)18)25-13-6-7-20-16(19)15(13)21(23)24/h4-7,9H,8H2,1-3H3,(H2,19,20). The summed E-state index contributed by atoms with van der Waals surface area (Å²) >= 11 is 0. The van der Waals surface area contributed by atoms with Gasteiger partial charge in [-0.25, -0.2) is 9.37 Å². The van der Waals surface area contributed by atoms with Crippen molar-refractivity contribution in [2.45, 2.75) is 32.8 Å². The predicted molar refractivity (Wildman–Crippen MR) is 91.3 cm³/mol. The highest BCUT2D eigenvalue weighted by atomic mass is 19.1. The summed E-state index contributed by atoms with van der Waals surface area (Å²) in [5, 5.41) is 11.1. The highest BCUT2D eigenvalue weighted by Crippen LogP contribution is 2.34. The number of nitrogens with two attached hydrogens (primary N) is 1. The predicted octanol–water partition coefficient (Wildman–Crippen LogP) is 3.39. The second kappa shape index (κ2) is 7.34. The monoisotopic (exact) mass is 363 g/mol. The molecule has 0 aliphatic carbocycles. The highest BCUT2D eigenvalue weighted by molar-refractivity contribution is 5.73. The maximum Gasteiger partial charge on any atom is 0.353 e. The van der Waals surface area contributed by atoms with Crippen LogP contribution in [0, 0.1) is 15.9 Å². The first-order chi connectivity index (χ1) is 12.1. The number of anilines is 1. The Balaban J connectivity index is 2.20. The molecule has 0 atom stereocenters. The fourth-order valence-electron chi connectivity index (χ4n) is 2.11. The minimum absolute atomic E-state index is 0.0177. The molecule has 2 N–H and O–H groups in total. The summed E-state index contributed by atoms with van der Waals surface area (Å²) in [6, 6.07) is 5.02. The molecule has 0 amide bonds. The number of hydrogen-bond donors (Lipinski definition) is 1. The minimum atomic E-state index is -0.731. The Bertz CT molecular complexity index is 849. The van der Waals surface area contributed by atoms with Crippen molar-refractivity contribution < 1.29 is 23.6 Å². The van der Waals surface area contributed by atoms with Crippen LogP contribution >= 0.6 is 0 Å². The van der Waals surface area contributed by atoms with Gasteiger partial charge in [0.1, 0.15) is 17.2 Å². The molecular weight excluding hydrogens is 345 g/mol. The van der Waals surface area contributed by atoms with Crippen LogP contribution in [-0.2, 0) is 16.0 Å². The van der Waals surface area contributed by atoms with E-state index < -0.39 is 28.0 Å². The third kappa shape index (κ3) is 4.88. The van der Waals surface area contributed by atoms with Gasteiger partial charge in [-0.3, -0.25) is 14.9 Å². The van der Waals surface area contributed by atoms with Crippen molar-refractivity contribution in [1.82, 2.24) is 4.98 Å². The summed E-state index contributed by atoms with van der Waals surface area (Å²) in [5.41, 5.74) is 4.42. The molecule has 26 heavy (non-hydrogen) atoms. The Morgan fingerprint density at radius 2 is 2.04 bits per heavy atom. The van der Waals surface area contributed by atoms with E-state index in [4.69, 9.17) is 15.2 Å². The zero-order valence-corrected chi connectivity index (χ0v) is 14.5. The van der Waals surface area contributed by atoms with Crippen LogP contribution in [0.3, 0.4) is 0 Å². The molecule has 0 unspecified atom stereocenters. The number of nitrogens with zero attached hydrogens (tertiary/aromatic N) is 2. The van der Waals surface area contributed by atoms with Gasteiger partial charge in [0.05, 0.1) is 11.3 Å². The highest BCUT2D eigenvalue weighted by Gasteiger charge is 2.22. The zero-order valence-electron chi connectivity index (χ0n) is 14.5. The molecule has 0 fully saturated rings. The molecule has 0 aliphatic rings. The van der Waals surface area contributed by atoms with Gasteiger partial charge < -0.3 is 15.2 Å². The Morgan fingerprint density at radius 1 is 1.35 bits per heavy atom. The number of ether oxygens (including phenoxy) is 2. The van der Waals surface area contributed by atoms with Gasteiger partial charge in [0.2, 0.25) is 11.6 Å². The van der Waals surface area contributed by atoms with Crippen molar-refractivity contribution in [2.75, 3.05) is 5.73 Å². The SMILES string of the molecule is CC(C)(C)OC(=O)Cc1ccc(Oc2ccnc(N)c2[N+](=O)[O-])cc1F. The summed E-state index contributed by atoms with van der Waals surface area (Å²) in [6.07, 6.45) is 0.997. The molecule has 0 radical (unpaired) electrons. The molecule has 8 nitrogen and oxygen atoms in total. The van der Waals surface area contributed by atoms with Gasteiger partial charge in [-0.05, 0) is 32.4 Å². The molecular formula is C17H18FN3O5. The van der Waals surface area contributed by atoms with Crippen LogP contribution < -0.4 is 10.5 Å². The lowest BCUT2D eigenvalue weighted by Gasteiger charge is -2.19. The molecule has 1 aromatic carbocycles. The van der Waals surface area contributed by atoms with Crippen LogP contribution in [0.2, 0.25) is 0 Å². The summed E-state index contributed by atoms with van der Waals surface area (Å²) in [4.78, 5) is 25.8. The summed E-state index contributed by atoms with van der Waals surface area (Å²) < 4.78 is 24.7. The smallest absolute Gasteiger partial charge is 0.353 e. The van der Waals surface area contributed by atoms with Crippen LogP contribution in [-0.4, -0.2) is 21.5 Å². The Labute approximate surface area is 148 Å². The van der Waals surface area contributed by atoms with Gasteiger partial charge in [0.25, 0.3) is 0 Å². The number of nitro groups is 1. The summed E-state index contributed by atoms with van der Waals surface area (Å²) in [7, 11) is 0. The average molecular weight is 363 g/mol. The molecule has 0 saturated heterocycles. The van der Waals surface area contributed by atoms with E-state index in [0.717, 1.165) is 6.07 Å². The number of hydrogen-bond acceptors (Lipinski definition) is 7. The van der Waals surface area contributed by atoms with Crippen molar-refractivity contribution in [1.29, 1.82) is 0 Å². The average Bonchev–Trinajstić information content (AvgIpc) is 2.48.